The van der Waals surface area contributed by atoms with Gasteiger partial charge in [0.25, 0.3) is 0 Å². The van der Waals surface area contributed by atoms with Gasteiger partial charge in [-0.3, -0.25) is 4.84 Å². The van der Waals surface area contributed by atoms with Crippen LogP contribution in [0.5, 0.6) is 0 Å². The minimum atomic E-state index is -0.366. The highest BCUT2D eigenvalue weighted by Gasteiger charge is 2.24. The van der Waals surface area contributed by atoms with E-state index in [4.69, 9.17) is 15.0 Å². The average molecular weight is 240 g/mol. The highest BCUT2D eigenvalue weighted by atomic mass is 32.2. The van der Waals surface area contributed by atoms with E-state index < -0.39 is 0 Å². The Morgan fingerprint density at radius 1 is 1.56 bits per heavy atom. The Labute approximate surface area is 99.4 Å². The lowest BCUT2D eigenvalue weighted by Crippen LogP contribution is -2.26. The molecule has 1 aromatic rings. The van der Waals surface area contributed by atoms with Crippen LogP contribution in [-0.2, 0) is 4.84 Å². The van der Waals surface area contributed by atoms with Gasteiger partial charge in [0.1, 0.15) is 5.70 Å². The molecular formula is C11H16N2O2S. The molecule has 1 aromatic heterocycles. The summed E-state index contributed by atoms with van der Waals surface area (Å²) in [6.07, 6.45) is 6.32. The molecule has 1 aliphatic heterocycles. The van der Waals surface area contributed by atoms with Crippen LogP contribution in [0.4, 0.5) is 0 Å². The Morgan fingerprint density at radius 2 is 2.44 bits per heavy atom. The first-order valence-electron chi connectivity index (χ1n) is 5.26. The molecule has 0 spiro atoms. The lowest BCUT2D eigenvalue weighted by Gasteiger charge is -2.19. The van der Waals surface area contributed by atoms with Crippen molar-refractivity contribution in [2.45, 2.75) is 12.6 Å². The second-order valence-electron chi connectivity index (χ2n) is 3.55. The molecule has 88 valence electrons. The van der Waals surface area contributed by atoms with Crippen molar-refractivity contribution in [2.75, 3.05) is 18.6 Å². The largest absolute Gasteiger partial charge is 0.463 e. The maximum Gasteiger partial charge on any atom is 0.155 e. The molecule has 4 nitrogen and oxygen atoms in total. The molecule has 0 saturated heterocycles. The fourth-order valence-electron chi connectivity index (χ4n) is 1.63. The molecule has 1 aliphatic rings. The minimum Gasteiger partial charge on any atom is -0.463 e. The number of rotatable bonds is 5. The van der Waals surface area contributed by atoms with Gasteiger partial charge >= 0.3 is 0 Å². The van der Waals surface area contributed by atoms with E-state index in [1.165, 1.54) is 0 Å². The summed E-state index contributed by atoms with van der Waals surface area (Å²) in [5.74, 6) is 1.91. The van der Waals surface area contributed by atoms with Crippen molar-refractivity contribution in [1.82, 2.24) is 5.06 Å². The molecule has 0 saturated carbocycles. The van der Waals surface area contributed by atoms with Gasteiger partial charge in [-0.2, -0.15) is 11.8 Å². The highest BCUT2D eigenvalue weighted by Crippen LogP contribution is 2.26. The van der Waals surface area contributed by atoms with E-state index >= 15 is 0 Å². The van der Waals surface area contributed by atoms with Crippen LogP contribution in [0, 0.1) is 0 Å². The van der Waals surface area contributed by atoms with Gasteiger partial charge < -0.3 is 10.2 Å². The molecule has 0 aromatic carbocycles. The van der Waals surface area contributed by atoms with E-state index in [9.17, 15) is 0 Å². The summed E-state index contributed by atoms with van der Waals surface area (Å²) < 4.78 is 5.35. The van der Waals surface area contributed by atoms with Crippen molar-refractivity contribution < 1.29 is 9.25 Å². The molecule has 5 heteroatoms. The van der Waals surface area contributed by atoms with Gasteiger partial charge in [-0.1, -0.05) is 0 Å². The van der Waals surface area contributed by atoms with Crippen molar-refractivity contribution in [1.29, 1.82) is 0 Å². The maximum atomic E-state index is 5.74. The van der Waals surface area contributed by atoms with Gasteiger partial charge in [0, 0.05) is 6.54 Å². The second kappa shape index (κ2) is 5.43. The summed E-state index contributed by atoms with van der Waals surface area (Å²) in [6, 6.07) is 3.77. The zero-order valence-electron chi connectivity index (χ0n) is 9.26. The van der Waals surface area contributed by atoms with Crippen molar-refractivity contribution >= 4 is 17.5 Å². The van der Waals surface area contributed by atoms with E-state index in [0.29, 0.717) is 0 Å². The number of nitrogens with two attached hydrogens (primary N) is 1. The predicted octanol–water partition coefficient (Wildman–Crippen LogP) is 1.91. The summed E-state index contributed by atoms with van der Waals surface area (Å²) in [7, 11) is 0. The zero-order chi connectivity index (χ0) is 11.4. The van der Waals surface area contributed by atoms with Crippen molar-refractivity contribution in [2.24, 2.45) is 5.73 Å². The van der Waals surface area contributed by atoms with Gasteiger partial charge in [-0.05, 0) is 36.6 Å². The number of furan rings is 1. The predicted molar refractivity (Wildman–Crippen MR) is 65.5 cm³/mol. The van der Waals surface area contributed by atoms with Crippen LogP contribution in [0.25, 0.3) is 5.70 Å². The van der Waals surface area contributed by atoms with Crippen LogP contribution >= 0.6 is 11.8 Å². The molecule has 0 amide bonds. The van der Waals surface area contributed by atoms with E-state index in [-0.39, 0.29) is 6.23 Å². The summed E-state index contributed by atoms with van der Waals surface area (Å²) in [6.45, 7) is 0.834. The molecular weight excluding hydrogens is 224 g/mol. The topological polar surface area (TPSA) is 51.6 Å². The zero-order valence-corrected chi connectivity index (χ0v) is 10.1. The van der Waals surface area contributed by atoms with E-state index in [2.05, 4.69) is 6.26 Å². The average Bonchev–Trinajstić information content (AvgIpc) is 2.87. The fourth-order valence-corrected chi connectivity index (χ4v) is 2.05. The molecule has 1 atom stereocenters. The molecule has 0 radical (unpaired) electrons. The van der Waals surface area contributed by atoms with E-state index in [1.54, 1.807) is 6.26 Å². The Hall–Kier alpha value is -0.910. The van der Waals surface area contributed by atoms with Crippen LogP contribution in [0.2, 0.25) is 0 Å². The third kappa shape index (κ3) is 2.61. The van der Waals surface area contributed by atoms with Crippen LogP contribution < -0.4 is 5.73 Å². The van der Waals surface area contributed by atoms with Crippen LogP contribution in [0.1, 0.15) is 12.2 Å². The first-order chi connectivity index (χ1) is 7.81. The molecule has 2 rings (SSSR count). The van der Waals surface area contributed by atoms with Gasteiger partial charge in [0.15, 0.2) is 12.0 Å². The number of thioether (sulfide) groups is 1. The van der Waals surface area contributed by atoms with Gasteiger partial charge in [-0.15, -0.1) is 0 Å². The van der Waals surface area contributed by atoms with Crippen LogP contribution in [0.15, 0.2) is 28.9 Å². The van der Waals surface area contributed by atoms with Gasteiger partial charge in [0.05, 0.1) is 6.26 Å². The number of hydroxylamine groups is 2. The number of hydrogen-bond donors (Lipinski definition) is 1. The second-order valence-corrected chi connectivity index (χ2v) is 4.53. The first-order valence-corrected chi connectivity index (χ1v) is 6.65. The summed E-state index contributed by atoms with van der Waals surface area (Å²) in [4.78, 5) is 5.49. The SMILES string of the molecule is CSCCCN1OC(N)C=C1c1ccco1. The van der Waals surface area contributed by atoms with Crippen molar-refractivity contribution in [3.8, 4) is 0 Å². The van der Waals surface area contributed by atoms with Crippen LogP contribution in [0.3, 0.4) is 0 Å². The Morgan fingerprint density at radius 3 is 3.12 bits per heavy atom. The van der Waals surface area contributed by atoms with E-state index in [1.807, 2.05) is 35.0 Å². The summed E-state index contributed by atoms with van der Waals surface area (Å²) >= 11 is 1.83. The summed E-state index contributed by atoms with van der Waals surface area (Å²) in [5.41, 5.74) is 6.67. The standard InChI is InChI=1S/C11H16N2O2S/c1-16-7-3-5-13-9(8-11(12)15-13)10-4-2-6-14-10/h2,4,6,8,11H,3,5,7,12H2,1H3. The minimum absolute atomic E-state index is 0.366. The van der Waals surface area contributed by atoms with Gasteiger partial charge in [-0.25, -0.2) is 5.06 Å². The lowest BCUT2D eigenvalue weighted by molar-refractivity contribution is -0.119. The number of nitrogens with zero attached hydrogens (tertiary/aromatic N) is 1. The maximum absolute atomic E-state index is 5.74. The van der Waals surface area contributed by atoms with E-state index in [0.717, 1.165) is 30.2 Å². The normalized spacial score (nSPS) is 20.2. The monoisotopic (exact) mass is 240 g/mol. The Kier molecular flexibility index (Phi) is 3.93. The molecule has 2 N–H and O–H groups in total. The summed E-state index contributed by atoms with van der Waals surface area (Å²) in [5, 5.41) is 1.82. The van der Waals surface area contributed by atoms with Crippen LogP contribution in [-0.4, -0.2) is 29.8 Å². The third-order valence-corrected chi connectivity index (χ3v) is 3.02. The fraction of sp³-hybridized carbons (Fsp3) is 0.455. The smallest absolute Gasteiger partial charge is 0.155 e. The number of hydrogen-bond acceptors (Lipinski definition) is 5. The molecule has 0 aliphatic carbocycles. The van der Waals surface area contributed by atoms with Crippen molar-refractivity contribution in [3.05, 3.63) is 30.2 Å². The highest BCUT2D eigenvalue weighted by molar-refractivity contribution is 7.98. The lowest BCUT2D eigenvalue weighted by atomic mass is 10.3. The quantitative estimate of drug-likeness (QED) is 0.797. The Balaban J connectivity index is 2.00. The molecule has 0 fully saturated rings. The van der Waals surface area contributed by atoms with Crippen molar-refractivity contribution in [3.63, 3.8) is 0 Å². The Bertz CT molecular complexity index is 351. The first kappa shape index (κ1) is 11.6. The molecule has 0 bridgehead atoms. The van der Waals surface area contributed by atoms with Gasteiger partial charge in [0.2, 0.25) is 0 Å². The molecule has 2 heterocycles. The third-order valence-electron chi connectivity index (χ3n) is 2.32. The molecule has 16 heavy (non-hydrogen) atoms. The molecule has 1 unspecified atom stereocenters.